The molecule has 1 fully saturated rings. The minimum absolute atomic E-state index is 0.00412. The van der Waals surface area contributed by atoms with Gasteiger partial charge < -0.3 is 14.8 Å². The van der Waals surface area contributed by atoms with E-state index in [0.717, 1.165) is 41.8 Å². The molecule has 1 aromatic rings. The molecule has 104 valence electrons. The smallest absolute Gasteiger partial charge is 0.224 e. The minimum atomic E-state index is 0.00412. The molecule has 1 aliphatic heterocycles. The molecule has 0 bridgehead atoms. The fourth-order valence-electron chi connectivity index (χ4n) is 2.10. The molecule has 0 aliphatic carbocycles. The molecule has 4 nitrogen and oxygen atoms in total. The molecule has 1 N–H and O–H groups in total. The Labute approximate surface area is 121 Å². The summed E-state index contributed by atoms with van der Waals surface area (Å²) in [7, 11) is 1.60. The van der Waals surface area contributed by atoms with Crippen LogP contribution < -0.4 is 10.1 Å². The lowest BCUT2D eigenvalue weighted by Gasteiger charge is -2.11. The molecule has 0 radical (unpaired) electrons. The lowest BCUT2D eigenvalue weighted by Crippen LogP contribution is -2.15. The number of nitrogens with one attached hydrogen (secondary N) is 1. The number of amides is 1. The molecule has 1 heterocycles. The van der Waals surface area contributed by atoms with Crippen molar-refractivity contribution in [2.45, 2.75) is 31.8 Å². The van der Waals surface area contributed by atoms with E-state index in [4.69, 9.17) is 9.47 Å². The molecule has 1 saturated heterocycles. The number of hydrogen-bond donors (Lipinski definition) is 1. The van der Waals surface area contributed by atoms with Crippen molar-refractivity contribution in [1.82, 2.24) is 0 Å². The van der Waals surface area contributed by atoms with Crippen LogP contribution in [0.1, 0.15) is 25.7 Å². The molecule has 19 heavy (non-hydrogen) atoms. The van der Waals surface area contributed by atoms with Crippen LogP contribution in [0.5, 0.6) is 5.75 Å². The van der Waals surface area contributed by atoms with Gasteiger partial charge in [-0.05, 0) is 47.3 Å². The number of carbonyl (C=O) groups is 1. The van der Waals surface area contributed by atoms with Crippen molar-refractivity contribution in [3.63, 3.8) is 0 Å². The van der Waals surface area contributed by atoms with Gasteiger partial charge in [-0.25, -0.2) is 0 Å². The number of carbonyl (C=O) groups excluding carboxylic acids is 1. The SMILES string of the molecule is COc1ccc(Br)c(NC(=O)CCC2CCCO2)c1. The largest absolute Gasteiger partial charge is 0.497 e. The van der Waals surface area contributed by atoms with E-state index in [-0.39, 0.29) is 12.0 Å². The van der Waals surface area contributed by atoms with E-state index in [1.807, 2.05) is 12.1 Å². The van der Waals surface area contributed by atoms with Gasteiger partial charge in [0.1, 0.15) is 5.75 Å². The van der Waals surface area contributed by atoms with Crippen LogP contribution in [0.25, 0.3) is 0 Å². The lowest BCUT2D eigenvalue weighted by molar-refractivity contribution is -0.116. The number of rotatable bonds is 5. The third-order valence-corrected chi connectivity index (χ3v) is 3.86. The summed E-state index contributed by atoms with van der Waals surface area (Å²) in [6.45, 7) is 0.827. The van der Waals surface area contributed by atoms with Gasteiger partial charge in [0, 0.05) is 23.6 Å². The van der Waals surface area contributed by atoms with E-state index < -0.39 is 0 Å². The molecule has 0 aromatic heterocycles. The summed E-state index contributed by atoms with van der Waals surface area (Å²) in [6, 6.07) is 5.49. The highest BCUT2D eigenvalue weighted by atomic mass is 79.9. The predicted octanol–water partition coefficient (Wildman–Crippen LogP) is 3.36. The Morgan fingerprint density at radius 1 is 1.58 bits per heavy atom. The monoisotopic (exact) mass is 327 g/mol. The van der Waals surface area contributed by atoms with E-state index in [0.29, 0.717) is 6.42 Å². The van der Waals surface area contributed by atoms with E-state index in [9.17, 15) is 4.79 Å². The minimum Gasteiger partial charge on any atom is -0.497 e. The molecular formula is C14H18BrNO3. The van der Waals surface area contributed by atoms with Crippen LogP contribution in [-0.2, 0) is 9.53 Å². The quantitative estimate of drug-likeness (QED) is 0.902. The normalized spacial score (nSPS) is 18.3. The second-order valence-corrected chi connectivity index (χ2v) is 5.42. The first-order valence-corrected chi connectivity index (χ1v) is 7.23. The van der Waals surface area contributed by atoms with Crippen molar-refractivity contribution in [3.8, 4) is 5.75 Å². The topological polar surface area (TPSA) is 47.6 Å². The van der Waals surface area contributed by atoms with Gasteiger partial charge in [0.15, 0.2) is 0 Å². The summed E-state index contributed by atoms with van der Waals surface area (Å²) in [5, 5.41) is 2.89. The third-order valence-electron chi connectivity index (χ3n) is 3.16. The Morgan fingerprint density at radius 3 is 3.11 bits per heavy atom. The zero-order valence-corrected chi connectivity index (χ0v) is 12.5. The van der Waals surface area contributed by atoms with E-state index in [1.165, 1.54) is 0 Å². The van der Waals surface area contributed by atoms with Crippen molar-refractivity contribution in [2.75, 3.05) is 19.0 Å². The van der Waals surface area contributed by atoms with Gasteiger partial charge in [-0.15, -0.1) is 0 Å². The molecule has 1 atom stereocenters. The maximum Gasteiger partial charge on any atom is 0.224 e. The van der Waals surface area contributed by atoms with Crippen molar-refractivity contribution in [1.29, 1.82) is 0 Å². The van der Waals surface area contributed by atoms with Crippen LogP contribution in [0.2, 0.25) is 0 Å². The first kappa shape index (κ1) is 14.3. The van der Waals surface area contributed by atoms with Crippen LogP contribution in [0.3, 0.4) is 0 Å². The Bertz CT molecular complexity index is 444. The number of anilines is 1. The van der Waals surface area contributed by atoms with Gasteiger partial charge >= 0.3 is 0 Å². The Morgan fingerprint density at radius 2 is 2.42 bits per heavy atom. The maximum absolute atomic E-state index is 11.9. The number of halogens is 1. The highest BCUT2D eigenvalue weighted by Crippen LogP contribution is 2.27. The van der Waals surface area contributed by atoms with Gasteiger partial charge in [0.2, 0.25) is 5.91 Å². The molecule has 0 saturated carbocycles. The van der Waals surface area contributed by atoms with Gasteiger partial charge in [-0.1, -0.05) is 0 Å². The summed E-state index contributed by atoms with van der Waals surface area (Å²) < 4.78 is 11.5. The van der Waals surface area contributed by atoms with Crippen molar-refractivity contribution < 1.29 is 14.3 Å². The Kier molecular flexibility index (Phi) is 5.22. The van der Waals surface area contributed by atoms with Gasteiger partial charge in [0.25, 0.3) is 0 Å². The molecule has 1 amide bonds. The first-order chi connectivity index (χ1) is 9.19. The fourth-order valence-corrected chi connectivity index (χ4v) is 2.45. The molecule has 5 heteroatoms. The summed E-state index contributed by atoms with van der Waals surface area (Å²) in [6.07, 6.45) is 3.69. The zero-order valence-electron chi connectivity index (χ0n) is 10.9. The average Bonchev–Trinajstić information content (AvgIpc) is 2.92. The third kappa shape index (κ3) is 4.21. The highest BCUT2D eigenvalue weighted by molar-refractivity contribution is 9.10. The van der Waals surface area contributed by atoms with Crippen LogP contribution >= 0.6 is 15.9 Å². The summed E-state index contributed by atoms with van der Waals surface area (Å²) in [5.41, 5.74) is 0.733. The van der Waals surface area contributed by atoms with Crippen molar-refractivity contribution >= 4 is 27.5 Å². The number of methoxy groups -OCH3 is 1. The second-order valence-electron chi connectivity index (χ2n) is 4.57. The summed E-state index contributed by atoms with van der Waals surface area (Å²) in [5.74, 6) is 0.724. The second kappa shape index (κ2) is 6.91. The molecule has 0 spiro atoms. The van der Waals surface area contributed by atoms with Gasteiger partial charge in [0.05, 0.1) is 18.9 Å². The van der Waals surface area contributed by atoms with Crippen LogP contribution in [-0.4, -0.2) is 25.7 Å². The number of benzene rings is 1. The van der Waals surface area contributed by atoms with Crippen molar-refractivity contribution in [3.05, 3.63) is 22.7 Å². The molecular weight excluding hydrogens is 310 g/mol. The number of hydrogen-bond acceptors (Lipinski definition) is 3. The van der Waals surface area contributed by atoms with Gasteiger partial charge in [-0.3, -0.25) is 4.79 Å². The first-order valence-electron chi connectivity index (χ1n) is 6.44. The highest BCUT2D eigenvalue weighted by Gasteiger charge is 2.17. The van der Waals surface area contributed by atoms with Crippen LogP contribution in [0, 0.1) is 0 Å². The summed E-state index contributed by atoms with van der Waals surface area (Å²) >= 11 is 3.41. The van der Waals surface area contributed by atoms with E-state index >= 15 is 0 Å². The molecule has 1 aromatic carbocycles. The Balaban J connectivity index is 1.87. The van der Waals surface area contributed by atoms with E-state index in [2.05, 4.69) is 21.2 Å². The molecule has 2 rings (SSSR count). The zero-order chi connectivity index (χ0) is 13.7. The maximum atomic E-state index is 11.9. The molecule has 1 aliphatic rings. The standard InChI is InChI=1S/C14H18BrNO3/c1-18-11-4-6-12(15)13(9-11)16-14(17)7-5-10-3-2-8-19-10/h4,6,9-10H,2-3,5,7-8H2,1H3,(H,16,17). The molecule has 1 unspecified atom stereocenters. The van der Waals surface area contributed by atoms with Crippen molar-refractivity contribution in [2.24, 2.45) is 0 Å². The van der Waals surface area contributed by atoms with Gasteiger partial charge in [-0.2, -0.15) is 0 Å². The number of ether oxygens (including phenoxy) is 2. The van der Waals surface area contributed by atoms with Crippen LogP contribution in [0.4, 0.5) is 5.69 Å². The lowest BCUT2D eigenvalue weighted by atomic mass is 10.1. The van der Waals surface area contributed by atoms with Crippen LogP contribution in [0.15, 0.2) is 22.7 Å². The average molecular weight is 328 g/mol. The Hall–Kier alpha value is -1.07. The summed E-state index contributed by atoms with van der Waals surface area (Å²) in [4.78, 5) is 11.9. The fraction of sp³-hybridized carbons (Fsp3) is 0.500. The predicted molar refractivity (Wildman–Crippen MR) is 77.5 cm³/mol. The van der Waals surface area contributed by atoms with E-state index in [1.54, 1.807) is 13.2 Å².